The minimum Gasteiger partial charge on any atom is -0.375 e. The molecule has 20 heavy (non-hydrogen) atoms. The highest BCUT2D eigenvalue weighted by atomic mass is 15.1. The van der Waals surface area contributed by atoms with Crippen LogP contribution in [0.4, 0.5) is 5.69 Å². The number of rotatable bonds is 4. The lowest BCUT2D eigenvalue weighted by Crippen LogP contribution is -2.30. The number of anilines is 1. The first kappa shape index (κ1) is 13.4. The Morgan fingerprint density at radius 2 is 1.80 bits per heavy atom. The van der Waals surface area contributed by atoms with Crippen LogP contribution in [0.15, 0.2) is 42.5 Å². The molecule has 1 N–H and O–H groups in total. The van der Waals surface area contributed by atoms with Crippen molar-refractivity contribution in [1.82, 2.24) is 5.32 Å². The van der Waals surface area contributed by atoms with E-state index in [2.05, 4.69) is 59.7 Å². The number of piperidine rings is 1. The van der Waals surface area contributed by atoms with E-state index in [0.29, 0.717) is 0 Å². The summed E-state index contributed by atoms with van der Waals surface area (Å²) in [5.41, 5.74) is 1.33. The van der Waals surface area contributed by atoms with Crippen LogP contribution in [0, 0.1) is 5.92 Å². The Bertz CT molecular complexity index is 558. The predicted molar refractivity (Wildman–Crippen MR) is 87.4 cm³/mol. The van der Waals surface area contributed by atoms with Gasteiger partial charge in [-0.25, -0.2) is 0 Å². The summed E-state index contributed by atoms with van der Waals surface area (Å²) in [6.45, 7) is 3.55. The molecule has 0 aromatic heterocycles. The number of hydrogen-bond donors (Lipinski definition) is 1. The van der Waals surface area contributed by atoms with Crippen molar-refractivity contribution in [2.75, 3.05) is 31.6 Å². The first-order valence-electron chi connectivity index (χ1n) is 7.73. The molecule has 0 amide bonds. The van der Waals surface area contributed by atoms with Crippen LogP contribution in [0.5, 0.6) is 0 Å². The van der Waals surface area contributed by atoms with Gasteiger partial charge in [0.05, 0.1) is 0 Å². The molecule has 0 bridgehead atoms. The average Bonchev–Trinajstić information content (AvgIpc) is 2.53. The van der Waals surface area contributed by atoms with E-state index in [1.54, 1.807) is 0 Å². The summed E-state index contributed by atoms with van der Waals surface area (Å²) >= 11 is 0. The minimum absolute atomic E-state index is 0.902. The number of fused-ring (bicyclic) bond motifs is 1. The zero-order chi connectivity index (χ0) is 13.8. The van der Waals surface area contributed by atoms with Crippen molar-refractivity contribution in [2.24, 2.45) is 5.92 Å². The van der Waals surface area contributed by atoms with Gasteiger partial charge in [0.1, 0.15) is 0 Å². The van der Waals surface area contributed by atoms with Gasteiger partial charge in [-0.2, -0.15) is 0 Å². The fraction of sp³-hybridized carbons (Fsp3) is 0.444. The summed E-state index contributed by atoms with van der Waals surface area (Å²) in [5, 5.41) is 6.09. The predicted octanol–water partition coefficient (Wildman–Crippen LogP) is 3.67. The molecule has 0 aliphatic carbocycles. The van der Waals surface area contributed by atoms with Gasteiger partial charge < -0.3 is 10.2 Å². The molecule has 2 aromatic rings. The molecule has 0 spiro atoms. The van der Waals surface area contributed by atoms with Gasteiger partial charge in [0, 0.05) is 19.3 Å². The summed E-state index contributed by atoms with van der Waals surface area (Å²) in [7, 11) is 2.21. The molecule has 1 saturated heterocycles. The second-order valence-electron chi connectivity index (χ2n) is 5.94. The SMILES string of the molecule is CN(CCC1CCNCC1)c1ccc2ccccc2c1. The fourth-order valence-corrected chi connectivity index (χ4v) is 3.09. The van der Waals surface area contributed by atoms with Gasteiger partial charge in [0.2, 0.25) is 0 Å². The number of hydrogen-bond acceptors (Lipinski definition) is 2. The Hall–Kier alpha value is -1.54. The van der Waals surface area contributed by atoms with Crippen molar-refractivity contribution >= 4 is 16.5 Å². The van der Waals surface area contributed by atoms with E-state index < -0.39 is 0 Å². The van der Waals surface area contributed by atoms with E-state index in [4.69, 9.17) is 0 Å². The van der Waals surface area contributed by atoms with Gasteiger partial charge in [0.25, 0.3) is 0 Å². The van der Waals surface area contributed by atoms with Crippen LogP contribution >= 0.6 is 0 Å². The van der Waals surface area contributed by atoms with E-state index >= 15 is 0 Å². The second kappa shape index (κ2) is 6.27. The lowest BCUT2D eigenvalue weighted by molar-refractivity contribution is 0.356. The van der Waals surface area contributed by atoms with Gasteiger partial charge in [-0.05, 0) is 61.2 Å². The van der Waals surface area contributed by atoms with E-state index in [1.165, 1.54) is 48.8 Å². The summed E-state index contributed by atoms with van der Waals surface area (Å²) in [6, 6.07) is 15.4. The maximum Gasteiger partial charge on any atom is 0.0370 e. The highest BCUT2D eigenvalue weighted by Crippen LogP contribution is 2.23. The monoisotopic (exact) mass is 268 g/mol. The smallest absolute Gasteiger partial charge is 0.0370 e. The number of nitrogens with one attached hydrogen (secondary N) is 1. The van der Waals surface area contributed by atoms with Gasteiger partial charge in [0.15, 0.2) is 0 Å². The molecule has 3 rings (SSSR count). The Morgan fingerprint density at radius 3 is 2.60 bits per heavy atom. The van der Waals surface area contributed by atoms with Crippen molar-refractivity contribution in [3.63, 3.8) is 0 Å². The lowest BCUT2D eigenvalue weighted by Gasteiger charge is -2.26. The molecule has 0 radical (unpaired) electrons. The van der Waals surface area contributed by atoms with Crippen molar-refractivity contribution in [2.45, 2.75) is 19.3 Å². The van der Waals surface area contributed by atoms with Crippen molar-refractivity contribution in [1.29, 1.82) is 0 Å². The standard InChI is InChI=1S/C18H24N2/c1-20(13-10-15-8-11-19-12-9-15)18-7-6-16-4-2-3-5-17(16)14-18/h2-7,14-15,19H,8-13H2,1H3. The Labute approximate surface area is 121 Å². The fourth-order valence-electron chi connectivity index (χ4n) is 3.09. The second-order valence-corrected chi connectivity index (χ2v) is 5.94. The van der Waals surface area contributed by atoms with Crippen LogP contribution in [-0.4, -0.2) is 26.7 Å². The van der Waals surface area contributed by atoms with Crippen LogP contribution in [0.25, 0.3) is 10.8 Å². The molecule has 0 atom stereocenters. The molecular weight excluding hydrogens is 244 g/mol. The minimum atomic E-state index is 0.902. The van der Waals surface area contributed by atoms with Crippen LogP contribution in [-0.2, 0) is 0 Å². The van der Waals surface area contributed by atoms with Crippen LogP contribution in [0.2, 0.25) is 0 Å². The molecule has 2 nitrogen and oxygen atoms in total. The topological polar surface area (TPSA) is 15.3 Å². The zero-order valence-corrected chi connectivity index (χ0v) is 12.3. The number of benzene rings is 2. The Kier molecular flexibility index (Phi) is 4.22. The maximum absolute atomic E-state index is 3.44. The first-order chi connectivity index (χ1) is 9.83. The third-order valence-electron chi connectivity index (χ3n) is 4.51. The van der Waals surface area contributed by atoms with Gasteiger partial charge in [-0.15, -0.1) is 0 Å². The quantitative estimate of drug-likeness (QED) is 0.910. The third-order valence-corrected chi connectivity index (χ3v) is 4.51. The van der Waals surface area contributed by atoms with E-state index in [9.17, 15) is 0 Å². The molecule has 106 valence electrons. The molecule has 1 heterocycles. The summed E-state index contributed by atoms with van der Waals surface area (Å²) in [6.07, 6.45) is 3.99. The molecule has 1 aliphatic rings. The van der Waals surface area contributed by atoms with Crippen molar-refractivity contribution in [3.8, 4) is 0 Å². The molecule has 1 aliphatic heterocycles. The molecule has 0 saturated carbocycles. The van der Waals surface area contributed by atoms with Gasteiger partial charge >= 0.3 is 0 Å². The van der Waals surface area contributed by atoms with Crippen molar-refractivity contribution < 1.29 is 0 Å². The Balaban J connectivity index is 1.64. The molecule has 0 unspecified atom stereocenters. The summed E-state index contributed by atoms with van der Waals surface area (Å²) in [5.74, 6) is 0.902. The van der Waals surface area contributed by atoms with Crippen LogP contribution < -0.4 is 10.2 Å². The largest absolute Gasteiger partial charge is 0.375 e. The highest BCUT2D eigenvalue weighted by molar-refractivity contribution is 5.85. The van der Waals surface area contributed by atoms with E-state index in [1.807, 2.05) is 0 Å². The molecular formula is C18H24N2. The molecule has 1 fully saturated rings. The van der Waals surface area contributed by atoms with E-state index in [0.717, 1.165) is 12.5 Å². The van der Waals surface area contributed by atoms with Crippen molar-refractivity contribution in [3.05, 3.63) is 42.5 Å². The average molecular weight is 268 g/mol. The summed E-state index contributed by atoms with van der Waals surface area (Å²) < 4.78 is 0. The molecule has 2 heteroatoms. The summed E-state index contributed by atoms with van der Waals surface area (Å²) in [4.78, 5) is 2.40. The number of nitrogens with zero attached hydrogens (tertiary/aromatic N) is 1. The van der Waals surface area contributed by atoms with Crippen LogP contribution in [0.3, 0.4) is 0 Å². The first-order valence-corrected chi connectivity index (χ1v) is 7.73. The zero-order valence-electron chi connectivity index (χ0n) is 12.3. The van der Waals surface area contributed by atoms with Gasteiger partial charge in [-0.1, -0.05) is 30.3 Å². The third kappa shape index (κ3) is 3.13. The lowest BCUT2D eigenvalue weighted by atomic mass is 9.94. The normalized spacial score (nSPS) is 16.4. The van der Waals surface area contributed by atoms with Crippen LogP contribution in [0.1, 0.15) is 19.3 Å². The highest BCUT2D eigenvalue weighted by Gasteiger charge is 2.13. The maximum atomic E-state index is 3.44. The van der Waals surface area contributed by atoms with E-state index in [-0.39, 0.29) is 0 Å². The Morgan fingerprint density at radius 1 is 1.05 bits per heavy atom. The van der Waals surface area contributed by atoms with Gasteiger partial charge in [-0.3, -0.25) is 0 Å². The molecule has 2 aromatic carbocycles.